The molecule has 0 saturated heterocycles. The summed E-state index contributed by atoms with van der Waals surface area (Å²) in [5, 5.41) is 0. The topological polar surface area (TPSA) is 15.6 Å². The lowest BCUT2D eigenvalue weighted by atomic mass is 9.91. The highest BCUT2D eigenvalue weighted by Crippen LogP contribution is 2.51. The van der Waals surface area contributed by atoms with Crippen LogP contribution in [0.5, 0.6) is 0 Å². The number of anilines is 1. The van der Waals surface area contributed by atoms with Gasteiger partial charge in [0.05, 0.1) is 5.69 Å². The first kappa shape index (κ1) is 17.4. The van der Waals surface area contributed by atoms with Crippen LogP contribution in [0.25, 0.3) is 6.08 Å². The lowest BCUT2D eigenvalue weighted by Crippen LogP contribution is -2.30. The van der Waals surface area contributed by atoms with Gasteiger partial charge in [-0.05, 0) is 68.2 Å². The minimum Gasteiger partial charge on any atom is -0.378 e. The van der Waals surface area contributed by atoms with Gasteiger partial charge in [0, 0.05) is 41.1 Å². The van der Waals surface area contributed by atoms with Crippen molar-refractivity contribution in [2.24, 2.45) is 10.9 Å². The van der Waals surface area contributed by atoms with E-state index in [1.165, 1.54) is 33.9 Å². The van der Waals surface area contributed by atoms with E-state index in [1.54, 1.807) is 0 Å². The fourth-order valence-corrected chi connectivity index (χ4v) is 5.25. The molecule has 1 fully saturated rings. The summed E-state index contributed by atoms with van der Waals surface area (Å²) < 4.78 is 0.163. The molecular formula is C23H26N2S. The smallest absolute Gasteiger partial charge is 0.0769 e. The number of thioether (sulfide) groups is 1. The highest BCUT2D eigenvalue weighted by molar-refractivity contribution is 8.00. The second kappa shape index (κ2) is 6.62. The molecule has 1 atom stereocenters. The van der Waals surface area contributed by atoms with Crippen LogP contribution >= 0.6 is 11.8 Å². The maximum Gasteiger partial charge on any atom is 0.0769 e. The molecule has 1 heterocycles. The van der Waals surface area contributed by atoms with E-state index in [2.05, 4.69) is 87.4 Å². The first-order valence-electron chi connectivity index (χ1n) is 9.29. The predicted octanol–water partition coefficient (Wildman–Crippen LogP) is 6.20. The molecule has 1 aliphatic carbocycles. The molecule has 2 nitrogen and oxygen atoms in total. The van der Waals surface area contributed by atoms with E-state index in [9.17, 15) is 0 Å². The molecule has 134 valence electrons. The molecule has 2 aliphatic rings. The van der Waals surface area contributed by atoms with Crippen LogP contribution in [-0.2, 0) is 0 Å². The molecule has 4 rings (SSSR count). The summed E-state index contributed by atoms with van der Waals surface area (Å²) in [7, 11) is 4.15. The number of hydrogen-bond acceptors (Lipinski definition) is 3. The molecular weight excluding hydrogens is 336 g/mol. The van der Waals surface area contributed by atoms with E-state index in [0.29, 0.717) is 5.92 Å². The van der Waals surface area contributed by atoms with Crippen molar-refractivity contribution in [2.75, 3.05) is 19.0 Å². The van der Waals surface area contributed by atoms with Gasteiger partial charge in [-0.3, -0.25) is 4.99 Å². The fourth-order valence-electron chi connectivity index (χ4n) is 3.95. The third-order valence-corrected chi connectivity index (χ3v) is 6.81. The van der Waals surface area contributed by atoms with E-state index in [1.807, 2.05) is 11.8 Å². The molecule has 2 aromatic rings. The number of fused-ring (bicyclic) bond motifs is 2. The van der Waals surface area contributed by atoms with Gasteiger partial charge in [-0.25, -0.2) is 0 Å². The number of allylic oxidation sites excluding steroid dienone is 1. The van der Waals surface area contributed by atoms with Gasteiger partial charge in [0.15, 0.2) is 0 Å². The van der Waals surface area contributed by atoms with Gasteiger partial charge in [0.25, 0.3) is 0 Å². The summed E-state index contributed by atoms with van der Waals surface area (Å²) in [5.74, 6) is 0.507. The van der Waals surface area contributed by atoms with Crippen molar-refractivity contribution >= 4 is 34.9 Å². The summed E-state index contributed by atoms with van der Waals surface area (Å²) in [5.41, 5.74) is 6.31. The third kappa shape index (κ3) is 3.21. The van der Waals surface area contributed by atoms with Gasteiger partial charge < -0.3 is 4.90 Å². The van der Waals surface area contributed by atoms with Crippen molar-refractivity contribution in [3.8, 4) is 0 Å². The number of nitrogens with zero attached hydrogens (tertiary/aromatic N) is 2. The molecule has 1 unspecified atom stereocenters. The lowest BCUT2D eigenvalue weighted by molar-refractivity contribution is 0.534. The Bertz CT molecular complexity index is 875. The van der Waals surface area contributed by atoms with E-state index < -0.39 is 0 Å². The fraction of sp³-hybridized carbons (Fsp3) is 0.348. The molecule has 26 heavy (non-hydrogen) atoms. The first-order valence-corrected chi connectivity index (χ1v) is 10.1. The SMILES string of the molecule is CN(C)c1ccc(C=C2CCC3C2=Nc2ccccc2SC3(C)C)cc1. The molecule has 0 spiro atoms. The van der Waals surface area contributed by atoms with Gasteiger partial charge >= 0.3 is 0 Å². The van der Waals surface area contributed by atoms with Crippen LogP contribution in [0.4, 0.5) is 11.4 Å². The summed E-state index contributed by atoms with van der Waals surface area (Å²) in [6.07, 6.45) is 4.65. The average molecular weight is 363 g/mol. The minimum atomic E-state index is 0.163. The molecule has 0 amide bonds. The van der Waals surface area contributed by atoms with Crippen LogP contribution in [0.15, 0.2) is 64.0 Å². The number of rotatable bonds is 2. The average Bonchev–Trinajstić information content (AvgIpc) is 2.95. The maximum absolute atomic E-state index is 5.14. The van der Waals surface area contributed by atoms with Crippen molar-refractivity contribution < 1.29 is 0 Å². The molecule has 0 N–H and O–H groups in total. The molecule has 1 aliphatic heterocycles. The number of aliphatic imine (C=N–C) groups is 1. The summed E-state index contributed by atoms with van der Waals surface area (Å²) in [6.45, 7) is 4.74. The van der Waals surface area contributed by atoms with Crippen LogP contribution in [0.1, 0.15) is 32.3 Å². The summed E-state index contributed by atoms with van der Waals surface area (Å²) in [4.78, 5) is 8.57. The molecule has 0 aromatic heterocycles. The van der Waals surface area contributed by atoms with Crippen molar-refractivity contribution in [2.45, 2.75) is 36.3 Å². The van der Waals surface area contributed by atoms with Gasteiger partial charge in [-0.1, -0.05) is 24.3 Å². The largest absolute Gasteiger partial charge is 0.378 e. The van der Waals surface area contributed by atoms with Crippen LogP contribution in [0.3, 0.4) is 0 Å². The normalized spacial score (nSPS) is 22.4. The molecule has 2 aromatic carbocycles. The Morgan fingerprint density at radius 1 is 1.08 bits per heavy atom. The predicted molar refractivity (Wildman–Crippen MR) is 115 cm³/mol. The van der Waals surface area contributed by atoms with E-state index in [-0.39, 0.29) is 4.75 Å². The van der Waals surface area contributed by atoms with Crippen molar-refractivity contribution in [1.29, 1.82) is 0 Å². The standard InChI is InChI=1S/C23H26N2S/c1-23(2)19-14-11-17(15-16-9-12-18(13-10-16)25(3)4)22(19)24-20-7-5-6-8-21(20)26-23/h5-10,12-13,15,19H,11,14H2,1-4H3. The van der Waals surface area contributed by atoms with Gasteiger partial charge in [0.1, 0.15) is 0 Å². The van der Waals surface area contributed by atoms with Crippen LogP contribution in [0, 0.1) is 5.92 Å². The Labute approximate surface area is 161 Å². The van der Waals surface area contributed by atoms with Crippen LogP contribution < -0.4 is 4.90 Å². The quantitative estimate of drug-likeness (QED) is 0.632. The Balaban J connectivity index is 1.74. The van der Waals surface area contributed by atoms with Crippen molar-refractivity contribution in [1.82, 2.24) is 0 Å². The zero-order valence-electron chi connectivity index (χ0n) is 16.0. The molecule has 3 heteroatoms. The van der Waals surface area contributed by atoms with E-state index in [0.717, 1.165) is 12.1 Å². The van der Waals surface area contributed by atoms with Gasteiger partial charge in [-0.15, -0.1) is 11.8 Å². The highest BCUT2D eigenvalue weighted by atomic mass is 32.2. The van der Waals surface area contributed by atoms with Gasteiger partial charge in [0.2, 0.25) is 0 Å². The number of hydrogen-bond donors (Lipinski definition) is 0. The van der Waals surface area contributed by atoms with E-state index >= 15 is 0 Å². The Kier molecular flexibility index (Phi) is 4.44. The van der Waals surface area contributed by atoms with Gasteiger partial charge in [-0.2, -0.15) is 0 Å². The monoisotopic (exact) mass is 362 g/mol. The Morgan fingerprint density at radius 2 is 1.81 bits per heavy atom. The molecule has 0 bridgehead atoms. The Morgan fingerprint density at radius 3 is 2.54 bits per heavy atom. The number of benzene rings is 2. The zero-order valence-corrected chi connectivity index (χ0v) is 16.8. The van der Waals surface area contributed by atoms with Crippen molar-refractivity contribution in [3.63, 3.8) is 0 Å². The summed E-state index contributed by atoms with van der Waals surface area (Å²) in [6, 6.07) is 17.3. The first-order chi connectivity index (χ1) is 12.4. The third-order valence-electron chi connectivity index (χ3n) is 5.43. The molecule has 0 radical (unpaired) electrons. The second-order valence-corrected chi connectivity index (χ2v) is 9.61. The lowest BCUT2D eigenvalue weighted by Gasteiger charge is -2.29. The second-order valence-electron chi connectivity index (χ2n) is 7.92. The zero-order chi connectivity index (χ0) is 18.3. The van der Waals surface area contributed by atoms with Crippen LogP contribution in [0.2, 0.25) is 0 Å². The molecule has 1 saturated carbocycles. The Hall–Kier alpha value is -2.00. The number of para-hydroxylation sites is 1. The minimum absolute atomic E-state index is 0.163. The van der Waals surface area contributed by atoms with Crippen LogP contribution in [-0.4, -0.2) is 24.6 Å². The van der Waals surface area contributed by atoms with E-state index in [4.69, 9.17) is 4.99 Å². The highest BCUT2D eigenvalue weighted by Gasteiger charge is 2.41. The van der Waals surface area contributed by atoms with Crippen molar-refractivity contribution in [3.05, 3.63) is 59.7 Å². The summed E-state index contributed by atoms with van der Waals surface area (Å²) >= 11 is 1.98. The maximum atomic E-state index is 5.14.